The number of hydrogen-bond acceptors (Lipinski definition) is 1. The van der Waals surface area contributed by atoms with Crippen molar-refractivity contribution in [3.8, 4) is 0 Å². The SMILES string of the molecule is CC(C)N(C(=O)N(C(C)C)C1CC=CCC1)C1=CCCCC1. The molecule has 22 heavy (non-hydrogen) atoms. The van der Waals surface area contributed by atoms with Gasteiger partial charge in [0.2, 0.25) is 0 Å². The Bertz CT molecular complexity index is 437. The first kappa shape index (κ1) is 17.1. The molecule has 0 saturated heterocycles. The fourth-order valence-electron chi connectivity index (χ4n) is 3.67. The van der Waals surface area contributed by atoms with E-state index < -0.39 is 0 Å². The molecule has 2 rings (SSSR count). The molecule has 0 spiro atoms. The lowest BCUT2D eigenvalue weighted by atomic mass is 9.98. The van der Waals surface area contributed by atoms with Gasteiger partial charge in [-0.2, -0.15) is 0 Å². The Morgan fingerprint density at radius 2 is 1.86 bits per heavy atom. The van der Waals surface area contributed by atoms with E-state index in [4.69, 9.17) is 0 Å². The van der Waals surface area contributed by atoms with Gasteiger partial charge in [-0.15, -0.1) is 0 Å². The van der Waals surface area contributed by atoms with Gasteiger partial charge in [0, 0.05) is 23.8 Å². The Hall–Kier alpha value is -1.25. The molecule has 1 unspecified atom stereocenters. The van der Waals surface area contributed by atoms with E-state index in [0.717, 1.165) is 32.1 Å². The third kappa shape index (κ3) is 3.93. The van der Waals surface area contributed by atoms with Gasteiger partial charge < -0.3 is 4.90 Å². The second-order valence-corrected chi connectivity index (χ2v) is 7.13. The lowest BCUT2D eigenvalue weighted by Gasteiger charge is -2.42. The van der Waals surface area contributed by atoms with Crippen LogP contribution in [0.25, 0.3) is 0 Å². The summed E-state index contributed by atoms with van der Waals surface area (Å²) in [5, 5.41) is 0. The van der Waals surface area contributed by atoms with Crippen molar-refractivity contribution in [1.29, 1.82) is 0 Å². The quantitative estimate of drug-likeness (QED) is 0.663. The number of amides is 2. The second-order valence-electron chi connectivity index (χ2n) is 7.13. The lowest BCUT2D eigenvalue weighted by Crippen LogP contribution is -2.53. The molecule has 0 aromatic rings. The minimum atomic E-state index is 0.207. The van der Waals surface area contributed by atoms with Crippen LogP contribution in [0.5, 0.6) is 0 Å². The number of hydrogen-bond donors (Lipinski definition) is 0. The van der Waals surface area contributed by atoms with Crippen molar-refractivity contribution in [2.75, 3.05) is 0 Å². The predicted octanol–water partition coefficient (Wildman–Crippen LogP) is 5.09. The molecule has 2 aliphatic rings. The number of urea groups is 1. The van der Waals surface area contributed by atoms with Crippen molar-refractivity contribution in [3.05, 3.63) is 23.9 Å². The van der Waals surface area contributed by atoms with E-state index in [9.17, 15) is 4.79 Å². The highest BCUT2D eigenvalue weighted by Gasteiger charge is 2.32. The van der Waals surface area contributed by atoms with Crippen LogP contribution >= 0.6 is 0 Å². The van der Waals surface area contributed by atoms with Crippen LogP contribution in [0.15, 0.2) is 23.9 Å². The minimum Gasteiger partial charge on any atom is -0.319 e. The third-order valence-corrected chi connectivity index (χ3v) is 4.71. The molecule has 124 valence electrons. The maximum atomic E-state index is 13.3. The maximum Gasteiger partial charge on any atom is 0.324 e. The van der Waals surface area contributed by atoms with Crippen molar-refractivity contribution in [3.63, 3.8) is 0 Å². The molecule has 3 nitrogen and oxygen atoms in total. The molecular formula is C19H32N2O. The first-order chi connectivity index (χ1) is 10.5. The topological polar surface area (TPSA) is 23.6 Å². The van der Waals surface area contributed by atoms with E-state index in [-0.39, 0.29) is 18.1 Å². The van der Waals surface area contributed by atoms with Gasteiger partial charge in [0.1, 0.15) is 0 Å². The van der Waals surface area contributed by atoms with E-state index in [1.807, 2.05) is 0 Å². The van der Waals surface area contributed by atoms with Crippen molar-refractivity contribution < 1.29 is 4.79 Å². The molecule has 1 atom stereocenters. The number of allylic oxidation sites excluding steroid dienone is 3. The minimum absolute atomic E-state index is 0.207. The molecule has 0 aromatic carbocycles. The Morgan fingerprint density at radius 3 is 2.36 bits per heavy atom. The zero-order valence-electron chi connectivity index (χ0n) is 14.7. The molecule has 0 bridgehead atoms. The third-order valence-electron chi connectivity index (χ3n) is 4.71. The summed E-state index contributed by atoms with van der Waals surface area (Å²) in [5.74, 6) is 0. The molecule has 0 radical (unpaired) electrons. The van der Waals surface area contributed by atoms with E-state index >= 15 is 0 Å². The highest BCUT2D eigenvalue weighted by Crippen LogP contribution is 2.27. The molecule has 2 aliphatic carbocycles. The Kier molecular flexibility index (Phi) is 6.10. The Labute approximate surface area is 136 Å². The summed E-state index contributed by atoms with van der Waals surface area (Å²) in [5.41, 5.74) is 1.24. The second kappa shape index (κ2) is 7.85. The summed E-state index contributed by atoms with van der Waals surface area (Å²) in [6.07, 6.45) is 14.5. The van der Waals surface area contributed by atoms with Crippen molar-refractivity contribution in [2.24, 2.45) is 0 Å². The molecule has 0 heterocycles. The van der Waals surface area contributed by atoms with Crippen molar-refractivity contribution in [1.82, 2.24) is 9.80 Å². The normalized spacial score (nSPS) is 21.9. The summed E-state index contributed by atoms with van der Waals surface area (Å²) < 4.78 is 0. The van der Waals surface area contributed by atoms with E-state index in [1.165, 1.54) is 18.5 Å². The first-order valence-electron chi connectivity index (χ1n) is 8.98. The fraction of sp³-hybridized carbons (Fsp3) is 0.737. The van der Waals surface area contributed by atoms with Gasteiger partial charge in [-0.1, -0.05) is 18.2 Å². The summed E-state index contributed by atoms with van der Waals surface area (Å²) >= 11 is 0. The molecule has 0 aromatic heterocycles. The van der Waals surface area contributed by atoms with E-state index in [0.29, 0.717) is 6.04 Å². The number of carbonyl (C=O) groups is 1. The van der Waals surface area contributed by atoms with Crippen molar-refractivity contribution >= 4 is 6.03 Å². The van der Waals surface area contributed by atoms with Crippen LogP contribution < -0.4 is 0 Å². The van der Waals surface area contributed by atoms with Crippen LogP contribution in [0.1, 0.15) is 72.6 Å². The van der Waals surface area contributed by atoms with Crippen LogP contribution in [0.3, 0.4) is 0 Å². The Morgan fingerprint density at radius 1 is 1.09 bits per heavy atom. The van der Waals surface area contributed by atoms with E-state index in [1.54, 1.807) is 0 Å². The molecule has 0 aliphatic heterocycles. The summed E-state index contributed by atoms with van der Waals surface area (Å²) in [4.78, 5) is 17.5. The van der Waals surface area contributed by atoms with Crippen LogP contribution in [0.4, 0.5) is 4.79 Å². The maximum absolute atomic E-state index is 13.3. The van der Waals surface area contributed by atoms with Gasteiger partial charge in [-0.3, -0.25) is 4.90 Å². The highest BCUT2D eigenvalue weighted by molar-refractivity contribution is 5.77. The zero-order valence-corrected chi connectivity index (χ0v) is 14.7. The van der Waals surface area contributed by atoms with Crippen LogP contribution in [-0.2, 0) is 0 Å². The van der Waals surface area contributed by atoms with Gasteiger partial charge in [0.15, 0.2) is 0 Å². The van der Waals surface area contributed by atoms with Gasteiger partial charge in [-0.05, 0) is 72.6 Å². The molecule has 2 amide bonds. The Balaban J connectivity index is 2.22. The average molecular weight is 304 g/mol. The summed E-state index contributed by atoms with van der Waals surface area (Å²) in [6, 6.07) is 1.02. The van der Waals surface area contributed by atoms with Crippen LogP contribution in [-0.4, -0.2) is 34.0 Å². The molecule has 0 fully saturated rings. The molecular weight excluding hydrogens is 272 g/mol. The summed E-state index contributed by atoms with van der Waals surface area (Å²) in [6.45, 7) is 8.55. The monoisotopic (exact) mass is 304 g/mol. The van der Waals surface area contributed by atoms with Gasteiger partial charge in [0.25, 0.3) is 0 Å². The predicted molar refractivity (Wildman–Crippen MR) is 92.7 cm³/mol. The van der Waals surface area contributed by atoms with Gasteiger partial charge in [-0.25, -0.2) is 4.79 Å². The number of nitrogens with zero attached hydrogens (tertiary/aromatic N) is 2. The molecule has 0 N–H and O–H groups in total. The van der Waals surface area contributed by atoms with Crippen LogP contribution in [0.2, 0.25) is 0 Å². The average Bonchev–Trinajstić information content (AvgIpc) is 2.49. The van der Waals surface area contributed by atoms with Gasteiger partial charge in [0.05, 0.1) is 0 Å². The highest BCUT2D eigenvalue weighted by atomic mass is 16.2. The van der Waals surface area contributed by atoms with Crippen molar-refractivity contribution in [2.45, 2.75) is 90.8 Å². The van der Waals surface area contributed by atoms with Crippen LogP contribution in [0, 0.1) is 0 Å². The molecule has 0 saturated carbocycles. The van der Waals surface area contributed by atoms with E-state index in [2.05, 4.69) is 55.7 Å². The largest absolute Gasteiger partial charge is 0.324 e. The van der Waals surface area contributed by atoms with Gasteiger partial charge >= 0.3 is 6.03 Å². The number of rotatable bonds is 4. The summed E-state index contributed by atoms with van der Waals surface area (Å²) in [7, 11) is 0. The number of carbonyl (C=O) groups excluding carboxylic acids is 1. The fourth-order valence-corrected chi connectivity index (χ4v) is 3.67. The first-order valence-corrected chi connectivity index (χ1v) is 8.98. The molecule has 3 heteroatoms. The zero-order chi connectivity index (χ0) is 16.1. The smallest absolute Gasteiger partial charge is 0.319 e. The standard InChI is InChI=1S/C19H32N2O/c1-15(2)20(17-11-7-5-8-12-17)19(22)21(16(3)4)18-13-9-6-10-14-18/h5,7,13,15-17H,6,8-12,14H2,1-4H3. The lowest BCUT2D eigenvalue weighted by molar-refractivity contribution is 0.112.